The van der Waals surface area contributed by atoms with Gasteiger partial charge in [0.2, 0.25) is 0 Å². The maximum absolute atomic E-state index is 5.96. The van der Waals surface area contributed by atoms with Gasteiger partial charge in [0.15, 0.2) is 0 Å². The van der Waals surface area contributed by atoms with Crippen molar-refractivity contribution in [2.75, 3.05) is 17.2 Å². The first-order valence-corrected chi connectivity index (χ1v) is 7.22. The molecule has 0 fully saturated rings. The molecule has 0 atom stereocenters. The molecule has 6 nitrogen and oxygen atoms in total. The number of aromatic nitrogens is 4. The van der Waals surface area contributed by atoms with Crippen molar-refractivity contribution in [1.82, 2.24) is 19.9 Å². The van der Waals surface area contributed by atoms with E-state index >= 15 is 0 Å². The van der Waals surface area contributed by atoms with Crippen LogP contribution in [0.4, 0.5) is 11.5 Å². The third-order valence-corrected chi connectivity index (χ3v) is 4.04. The molecule has 2 aromatic heterocycles. The number of nitrogens with zero attached hydrogens (tertiary/aromatic N) is 4. The molecule has 3 aromatic rings. The summed E-state index contributed by atoms with van der Waals surface area (Å²) in [7, 11) is 0. The number of H-pyrrole nitrogens is 1. The first kappa shape index (κ1) is 12.8. The number of nitrogens with two attached hydrogens (primary N) is 1. The molecular formula is C16H16N6. The van der Waals surface area contributed by atoms with Crippen molar-refractivity contribution < 1.29 is 0 Å². The van der Waals surface area contributed by atoms with Gasteiger partial charge in [0.1, 0.15) is 12.1 Å². The van der Waals surface area contributed by atoms with Gasteiger partial charge >= 0.3 is 0 Å². The molecule has 1 aliphatic rings. The molecule has 0 radical (unpaired) electrons. The number of rotatable bonds is 3. The van der Waals surface area contributed by atoms with E-state index in [4.69, 9.17) is 5.73 Å². The first-order chi connectivity index (χ1) is 10.8. The van der Waals surface area contributed by atoms with Gasteiger partial charge in [0.25, 0.3) is 0 Å². The van der Waals surface area contributed by atoms with Gasteiger partial charge in [-0.2, -0.15) is 0 Å². The van der Waals surface area contributed by atoms with E-state index in [9.17, 15) is 0 Å². The van der Waals surface area contributed by atoms with Crippen molar-refractivity contribution in [1.29, 1.82) is 0 Å². The van der Waals surface area contributed by atoms with Crippen LogP contribution in [0.25, 0.3) is 11.1 Å². The van der Waals surface area contributed by atoms with Gasteiger partial charge in [0.05, 0.1) is 18.6 Å². The molecule has 22 heavy (non-hydrogen) atoms. The fraction of sp³-hybridized carbons (Fsp3) is 0.188. The fourth-order valence-corrected chi connectivity index (χ4v) is 2.91. The Labute approximate surface area is 128 Å². The highest BCUT2D eigenvalue weighted by atomic mass is 15.2. The lowest BCUT2D eigenvalue weighted by Crippen LogP contribution is -2.19. The molecule has 1 aliphatic heterocycles. The molecule has 0 bridgehead atoms. The zero-order valence-corrected chi connectivity index (χ0v) is 12.0. The lowest BCUT2D eigenvalue weighted by Gasteiger charge is -2.19. The van der Waals surface area contributed by atoms with Crippen molar-refractivity contribution in [3.63, 3.8) is 0 Å². The van der Waals surface area contributed by atoms with E-state index in [0.717, 1.165) is 36.3 Å². The predicted molar refractivity (Wildman–Crippen MR) is 85.2 cm³/mol. The van der Waals surface area contributed by atoms with Gasteiger partial charge in [-0.25, -0.2) is 15.0 Å². The van der Waals surface area contributed by atoms with Crippen molar-refractivity contribution >= 4 is 11.5 Å². The van der Waals surface area contributed by atoms with Crippen LogP contribution >= 0.6 is 0 Å². The first-order valence-electron chi connectivity index (χ1n) is 7.22. The Hall–Kier alpha value is -2.89. The Bertz CT molecular complexity index is 796. The van der Waals surface area contributed by atoms with Gasteiger partial charge in [-0.3, -0.25) is 0 Å². The van der Waals surface area contributed by atoms with E-state index in [1.807, 2.05) is 6.20 Å². The minimum Gasteiger partial charge on any atom is -0.383 e. The zero-order chi connectivity index (χ0) is 14.9. The minimum atomic E-state index is 0.506. The summed E-state index contributed by atoms with van der Waals surface area (Å²) in [4.78, 5) is 17.8. The Morgan fingerprint density at radius 2 is 2.23 bits per heavy atom. The summed E-state index contributed by atoms with van der Waals surface area (Å²) in [6, 6.07) is 6.43. The second-order valence-electron chi connectivity index (χ2n) is 5.40. The van der Waals surface area contributed by atoms with Gasteiger partial charge in [-0.05, 0) is 23.6 Å². The number of benzene rings is 1. The Morgan fingerprint density at radius 1 is 1.27 bits per heavy atom. The summed E-state index contributed by atoms with van der Waals surface area (Å²) >= 11 is 0. The summed E-state index contributed by atoms with van der Waals surface area (Å²) in [5, 5.41) is 0. The molecule has 110 valence electrons. The van der Waals surface area contributed by atoms with E-state index in [1.165, 1.54) is 17.6 Å². The molecular weight excluding hydrogens is 276 g/mol. The summed E-state index contributed by atoms with van der Waals surface area (Å²) < 4.78 is 0. The molecule has 0 saturated heterocycles. The number of nitrogen functional groups attached to an aromatic ring is 1. The van der Waals surface area contributed by atoms with Crippen molar-refractivity contribution in [2.24, 2.45) is 0 Å². The van der Waals surface area contributed by atoms with Crippen LogP contribution in [0.2, 0.25) is 0 Å². The van der Waals surface area contributed by atoms with Gasteiger partial charge in [-0.15, -0.1) is 0 Å². The van der Waals surface area contributed by atoms with Crippen molar-refractivity contribution in [2.45, 2.75) is 13.0 Å². The molecule has 3 heterocycles. The second kappa shape index (κ2) is 5.14. The van der Waals surface area contributed by atoms with Crippen LogP contribution in [0.3, 0.4) is 0 Å². The molecule has 4 rings (SSSR count). The van der Waals surface area contributed by atoms with Crippen LogP contribution in [0.15, 0.2) is 43.2 Å². The highest BCUT2D eigenvalue weighted by molar-refractivity contribution is 5.77. The quantitative estimate of drug-likeness (QED) is 0.771. The zero-order valence-electron chi connectivity index (χ0n) is 12.0. The lowest BCUT2D eigenvalue weighted by atomic mass is 10.0. The second-order valence-corrected chi connectivity index (χ2v) is 5.40. The number of anilines is 2. The standard InChI is InChI=1S/C16H16N6/c17-16-14(7-19-10-21-16)12-2-1-11-3-4-22(15(11)5-12)8-13-6-18-9-20-13/h1-2,5-7,9-10H,3-4,8H2,(H,18,20)(H2,17,19,21). The van der Waals surface area contributed by atoms with Crippen LogP contribution in [0.5, 0.6) is 0 Å². The minimum absolute atomic E-state index is 0.506. The topological polar surface area (TPSA) is 83.7 Å². The summed E-state index contributed by atoms with van der Waals surface area (Å²) in [6.45, 7) is 1.81. The average molecular weight is 292 g/mol. The van der Waals surface area contributed by atoms with Gasteiger partial charge in [0, 0.05) is 30.2 Å². The third kappa shape index (κ3) is 2.18. The maximum atomic E-state index is 5.96. The van der Waals surface area contributed by atoms with E-state index in [1.54, 1.807) is 12.5 Å². The van der Waals surface area contributed by atoms with Crippen LogP contribution in [-0.2, 0) is 13.0 Å². The predicted octanol–water partition coefficient (Wildman–Crippen LogP) is 2.01. The third-order valence-electron chi connectivity index (χ3n) is 4.04. The van der Waals surface area contributed by atoms with E-state index in [0.29, 0.717) is 5.82 Å². The normalized spacial score (nSPS) is 13.4. The Balaban J connectivity index is 1.70. The van der Waals surface area contributed by atoms with E-state index in [-0.39, 0.29) is 0 Å². The molecule has 3 N–H and O–H groups in total. The van der Waals surface area contributed by atoms with Gasteiger partial charge in [-0.1, -0.05) is 12.1 Å². The number of fused-ring (bicyclic) bond motifs is 1. The number of aromatic amines is 1. The van der Waals surface area contributed by atoms with Crippen LogP contribution in [0.1, 0.15) is 11.3 Å². The van der Waals surface area contributed by atoms with Crippen molar-refractivity contribution in [3.05, 3.63) is 54.5 Å². The molecule has 0 unspecified atom stereocenters. The number of hydrogen-bond donors (Lipinski definition) is 2. The smallest absolute Gasteiger partial charge is 0.134 e. The monoisotopic (exact) mass is 292 g/mol. The van der Waals surface area contributed by atoms with Crippen LogP contribution < -0.4 is 10.6 Å². The maximum Gasteiger partial charge on any atom is 0.134 e. The summed E-state index contributed by atoms with van der Waals surface area (Å²) in [5.74, 6) is 0.506. The molecule has 0 saturated carbocycles. The highest BCUT2D eigenvalue weighted by Gasteiger charge is 2.20. The average Bonchev–Trinajstić information content (AvgIpc) is 3.18. The van der Waals surface area contributed by atoms with Crippen LogP contribution in [0, 0.1) is 0 Å². The van der Waals surface area contributed by atoms with E-state index < -0.39 is 0 Å². The van der Waals surface area contributed by atoms with Crippen LogP contribution in [-0.4, -0.2) is 26.5 Å². The molecule has 0 spiro atoms. The Kier molecular flexibility index (Phi) is 3.00. The Morgan fingerprint density at radius 3 is 3.05 bits per heavy atom. The van der Waals surface area contributed by atoms with E-state index in [2.05, 4.69) is 43.0 Å². The van der Waals surface area contributed by atoms with Gasteiger partial charge < -0.3 is 15.6 Å². The number of imidazole rings is 1. The molecule has 0 aliphatic carbocycles. The number of nitrogens with one attached hydrogen (secondary N) is 1. The number of hydrogen-bond acceptors (Lipinski definition) is 5. The van der Waals surface area contributed by atoms with Crippen molar-refractivity contribution in [3.8, 4) is 11.1 Å². The lowest BCUT2D eigenvalue weighted by molar-refractivity contribution is 0.819. The highest BCUT2D eigenvalue weighted by Crippen LogP contribution is 2.34. The molecule has 1 aromatic carbocycles. The largest absolute Gasteiger partial charge is 0.383 e. The fourth-order valence-electron chi connectivity index (χ4n) is 2.91. The SMILES string of the molecule is Nc1ncncc1-c1ccc2c(c1)N(Cc1c[nH]cn1)CC2. The molecule has 0 amide bonds. The summed E-state index contributed by atoms with van der Waals surface area (Å²) in [6.07, 6.45) is 7.93. The summed E-state index contributed by atoms with van der Waals surface area (Å²) in [5.41, 5.74) is 11.5. The molecule has 6 heteroatoms.